The molecule has 0 atom stereocenters. The van der Waals surface area contributed by atoms with E-state index in [0.29, 0.717) is 11.4 Å². The van der Waals surface area contributed by atoms with Gasteiger partial charge in [0.05, 0.1) is 17.0 Å². The summed E-state index contributed by atoms with van der Waals surface area (Å²) in [5.74, 6) is -2.96. The van der Waals surface area contributed by atoms with E-state index in [1.807, 2.05) is 0 Å². The molecule has 0 radical (unpaired) electrons. The van der Waals surface area contributed by atoms with E-state index in [4.69, 9.17) is 0 Å². The Hall–Kier alpha value is -2.97. The average molecular weight is 304 g/mol. The predicted octanol–water partition coefficient (Wildman–Crippen LogP) is 2.12. The highest BCUT2D eigenvalue weighted by molar-refractivity contribution is 5.78. The van der Waals surface area contributed by atoms with Gasteiger partial charge in [0.25, 0.3) is 5.95 Å². The highest BCUT2D eigenvalue weighted by atomic mass is 19.2. The Morgan fingerprint density at radius 2 is 1.73 bits per heavy atom. The first-order chi connectivity index (χ1) is 10.6. The summed E-state index contributed by atoms with van der Waals surface area (Å²) in [6, 6.07) is 1.52. The fourth-order valence-electron chi connectivity index (χ4n) is 1.94. The van der Waals surface area contributed by atoms with Crippen molar-refractivity contribution >= 4 is 0 Å². The highest BCUT2D eigenvalue weighted by Gasteiger charge is 2.22. The van der Waals surface area contributed by atoms with Gasteiger partial charge in [-0.05, 0) is 13.0 Å². The van der Waals surface area contributed by atoms with Crippen molar-refractivity contribution < 1.29 is 13.2 Å². The van der Waals surface area contributed by atoms with Crippen molar-refractivity contribution in [3.05, 3.63) is 48.5 Å². The summed E-state index contributed by atoms with van der Waals surface area (Å²) in [6.45, 7) is 1.54. The van der Waals surface area contributed by atoms with Crippen molar-refractivity contribution in [2.45, 2.75) is 6.92 Å². The molecule has 0 aliphatic rings. The van der Waals surface area contributed by atoms with E-state index in [1.54, 1.807) is 6.92 Å². The molecule has 3 rings (SSSR count). The fourth-order valence-corrected chi connectivity index (χ4v) is 1.94. The lowest BCUT2D eigenvalue weighted by Gasteiger charge is -2.10. The molecule has 0 aromatic carbocycles. The van der Waals surface area contributed by atoms with Crippen LogP contribution >= 0.6 is 0 Å². The third-order valence-electron chi connectivity index (χ3n) is 2.88. The lowest BCUT2D eigenvalue weighted by molar-refractivity contribution is 0.429. The highest BCUT2D eigenvalue weighted by Crippen LogP contribution is 2.31. The Morgan fingerprint density at radius 1 is 0.909 bits per heavy atom. The van der Waals surface area contributed by atoms with E-state index in [9.17, 15) is 13.2 Å². The molecule has 0 unspecified atom stereocenters. The number of halogens is 3. The maximum Gasteiger partial charge on any atom is 0.312 e. The lowest BCUT2D eigenvalue weighted by Crippen LogP contribution is -2.06. The quantitative estimate of drug-likeness (QED) is 0.533. The van der Waals surface area contributed by atoms with Gasteiger partial charge in [-0.25, -0.2) is 19.9 Å². The summed E-state index contributed by atoms with van der Waals surface area (Å²) in [4.78, 5) is 21.7. The van der Waals surface area contributed by atoms with Crippen molar-refractivity contribution in [2.24, 2.45) is 0 Å². The summed E-state index contributed by atoms with van der Waals surface area (Å²) in [6.07, 6.45) is 2.59. The number of hydrogen-bond acceptors (Lipinski definition) is 6. The van der Waals surface area contributed by atoms with Crippen LogP contribution in [0.25, 0.3) is 22.6 Å². The Labute approximate surface area is 122 Å². The molecule has 0 saturated heterocycles. The van der Waals surface area contributed by atoms with Gasteiger partial charge < -0.3 is 0 Å². The second-order valence-corrected chi connectivity index (χ2v) is 4.22. The van der Waals surface area contributed by atoms with Crippen LogP contribution in [0.5, 0.6) is 0 Å². The Morgan fingerprint density at radius 3 is 2.45 bits per heavy atom. The van der Waals surface area contributed by atoms with Crippen molar-refractivity contribution in [1.82, 2.24) is 29.9 Å². The molecule has 22 heavy (non-hydrogen) atoms. The van der Waals surface area contributed by atoms with E-state index in [0.717, 1.165) is 0 Å². The maximum atomic E-state index is 14.0. The molecule has 0 fully saturated rings. The molecule has 3 aromatic rings. The normalized spacial score (nSPS) is 10.7. The van der Waals surface area contributed by atoms with Gasteiger partial charge in [-0.2, -0.15) is 23.1 Å². The van der Waals surface area contributed by atoms with E-state index in [2.05, 4.69) is 29.9 Å². The summed E-state index contributed by atoms with van der Waals surface area (Å²) < 4.78 is 40.6. The maximum absolute atomic E-state index is 14.0. The van der Waals surface area contributed by atoms with Gasteiger partial charge in [0.1, 0.15) is 24.0 Å². The van der Waals surface area contributed by atoms with Gasteiger partial charge >= 0.3 is 6.08 Å². The Bertz CT molecular complexity index is 841. The zero-order valence-corrected chi connectivity index (χ0v) is 11.1. The van der Waals surface area contributed by atoms with E-state index < -0.39 is 23.5 Å². The van der Waals surface area contributed by atoms with Crippen LogP contribution in [-0.4, -0.2) is 29.9 Å². The molecular weight excluding hydrogens is 297 g/mol. The van der Waals surface area contributed by atoms with Gasteiger partial charge in [0.2, 0.25) is 5.82 Å². The standard InChI is InChI=1S/C13H7F3N6/c1-6-8(11-9(14)12(15)22-13(16)21-11)10(20-5-18-6)7-2-3-17-4-19-7/h2-5H,1H3. The van der Waals surface area contributed by atoms with Crippen LogP contribution < -0.4 is 0 Å². The SMILES string of the molecule is Cc1ncnc(-c2ccncn2)c1-c1nc(F)nc(F)c1F. The molecule has 0 aliphatic carbocycles. The van der Waals surface area contributed by atoms with Crippen LogP contribution in [0.1, 0.15) is 5.69 Å². The number of rotatable bonds is 2. The first-order valence-corrected chi connectivity index (χ1v) is 6.05. The van der Waals surface area contributed by atoms with Crippen LogP contribution in [0.4, 0.5) is 13.2 Å². The van der Waals surface area contributed by atoms with Crippen LogP contribution in [0, 0.1) is 24.8 Å². The Kier molecular flexibility index (Phi) is 3.45. The third kappa shape index (κ3) is 2.36. The average Bonchev–Trinajstić information content (AvgIpc) is 2.52. The number of hydrogen-bond donors (Lipinski definition) is 0. The number of aryl methyl sites for hydroxylation is 1. The lowest BCUT2D eigenvalue weighted by atomic mass is 10.1. The molecular formula is C13H7F3N6. The molecule has 0 amide bonds. The topological polar surface area (TPSA) is 77.3 Å². The van der Waals surface area contributed by atoms with Crippen LogP contribution in [-0.2, 0) is 0 Å². The first-order valence-electron chi connectivity index (χ1n) is 6.05. The first kappa shape index (κ1) is 14.0. The second kappa shape index (κ2) is 5.43. The van der Waals surface area contributed by atoms with E-state index in [-0.39, 0.29) is 11.3 Å². The van der Waals surface area contributed by atoms with Crippen LogP contribution in [0.15, 0.2) is 24.9 Å². The number of nitrogens with zero attached hydrogens (tertiary/aromatic N) is 6. The largest absolute Gasteiger partial charge is 0.312 e. The Balaban J connectivity index is 2.33. The minimum Gasteiger partial charge on any atom is -0.245 e. The van der Waals surface area contributed by atoms with Crippen molar-refractivity contribution in [3.63, 3.8) is 0 Å². The molecule has 3 heterocycles. The summed E-state index contributed by atoms with van der Waals surface area (Å²) in [5.41, 5.74) is 0.302. The van der Waals surface area contributed by atoms with Gasteiger partial charge in [-0.15, -0.1) is 0 Å². The molecule has 6 nitrogen and oxygen atoms in total. The summed E-state index contributed by atoms with van der Waals surface area (Å²) >= 11 is 0. The minimum atomic E-state index is -1.58. The molecule has 0 N–H and O–H groups in total. The monoisotopic (exact) mass is 304 g/mol. The van der Waals surface area contributed by atoms with Gasteiger partial charge in [-0.1, -0.05) is 0 Å². The van der Waals surface area contributed by atoms with Crippen LogP contribution in [0.3, 0.4) is 0 Å². The summed E-state index contributed by atoms with van der Waals surface area (Å²) in [5, 5.41) is 0. The zero-order chi connectivity index (χ0) is 15.7. The van der Waals surface area contributed by atoms with E-state index >= 15 is 0 Å². The van der Waals surface area contributed by atoms with Gasteiger partial charge in [0.15, 0.2) is 0 Å². The van der Waals surface area contributed by atoms with Crippen LogP contribution in [0.2, 0.25) is 0 Å². The van der Waals surface area contributed by atoms with Gasteiger partial charge in [0, 0.05) is 6.20 Å². The molecule has 0 bridgehead atoms. The van der Waals surface area contributed by atoms with E-state index in [1.165, 1.54) is 24.9 Å². The van der Waals surface area contributed by atoms with Gasteiger partial charge in [-0.3, -0.25) is 0 Å². The zero-order valence-electron chi connectivity index (χ0n) is 11.1. The van der Waals surface area contributed by atoms with Crippen molar-refractivity contribution in [3.8, 4) is 22.6 Å². The summed E-state index contributed by atoms with van der Waals surface area (Å²) in [7, 11) is 0. The molecule has 110 valence electrons. The fraction of sp³-hybridized carbons (Fsp3) is 0.0769. The molecule has 9 heteroatoms. The second-order valence-electron chi connectivity index (χ2n) is 4.22. The third-order valence-corrected chi connectivity index (χ3v) is 2.88. The molecule has 0 spiro atoms. The molecule has 0 aliphatic heterocycles. The minimum absolute atomic E-state index is 0.0406. The smallest absolute Gasteiger partial charge is 0.245 e. The van der Waals surface area contributed by atoms with Crippen molar-refractivity contribution in [1.29, 1.82) is 0 Å². The molecule has 3 aromatic heterocycles. The molecule has 0 saturated carbocycles. The van der Waals surface area contributed by atoms with Crippen molar-refractivity contribution in [2.75, 3.05) is 0 Å². The predicted molar refractivity (Wildman–Crippen MR) is 68.7 cm³/mol. The number of aromatic nitrogens is 6.